The molecule has 0 aromatic carbocycles. The Bertz CT molecular complexity index is 413. The van der Waals surface area contributed by atoms with Gasteiger partial charge in [-0.05, 0) is 26.3 Å². The summed E-state index contributed by atoms with van der Waals surface area (Å²) in [6.07, 6.45) is 3.25. The number of hydrogen-bond acceptors (Lipinski definition) is 2. The zero-order chi connectivity index (χ0) is 13.8. The van der Waals surface area contributed by atoms with Gasteiger partial charge in [0, 0.05) is 19.3 Å². The molecule has 0 saturated heterocycles. The number of halogens is 1. The average molecular weight is 273 g/mol. The van der Waals surface area contributed by atoms with Crippen molar-refractivity contribution in [3.63, 3.8) is 0 Å². The van der Waals surface area contributed by atoms with Gasteiger partial charge >= 0.3 is 0 Å². The molecule has 1 aromatic rings. The first-order valence-electron chi connectivity index (χ1n) is 6.26. The standard InChI is InChI=1S/C13H21ClN2O2/c1-4-6-13(3,18)9-15-12(17)11-7-10(14)8-16(11)5-2/h7-8,18H,4-6,9H2,1-3H3,(H,15,17). The fourth-order valence-corrected chi connectivity index (χ4v) is 2.14. The van der Waals surface area contributed by atoms with Crippen LogP contribution in [-0.4, -0.2) is 27.7 Å². The van der Waals surface area contributed by atoms with E-state index in [0.717, 1.165) is 6.42 Å². The van der Waals surface area contributed by atoms with E-state index in [1.165, 1.54) is 0 Å². The maximum absolute atomic E-state index is 12.0. The summed E-state index contributed by atoms with van der Waals surface area (Å²) in [5.74, 6) is -0.208. The van der Waals surface area contributed by atoms with Crippen molar-refractivity contribution >= 4 is 17.5 Å². The van der Waals surface area contributed by atoms with E-state index in [0.29, 0.717) is 23.7 Å². The van der Waals surface area contributed by atoms with Crippen LogP contribution in [-0.2, 0) is 6.54 Å². The maximum Gasteiger partial charge on any atom is 0.268 e. The molecule has 102 valence electrons. The Morgan fingerprint density at radius 3 is 2.78 bits per heavy atom. The van der Waals surface area contributed by atoms with E-state index in [1.807, 2.05) is 13.8 Å². The van der Waals surface area contributed by atoms with Crippen molar-refractivity contribution in [2.24, 2.45) is 0 Å². The third kappa shape index (κ3) is 4.03. The average Bonchev–Trinajstić information content (AvgIpc) is 2.67. The normalized spacial score (nSPS) is 14.3. The number of aryl methyl sites for hydroxylation is 1. The Balaban J connectivity index is 2.65. The van der Waals surface area contributed by atoms with Gasteiger partial charge in [0.2, 0.25) is 0 Å². The Kier molecular flexibility index (Phi) is 5.23. The molecule has 1 heterocycles. The van der Waals surface area contributed by atoms with Gasteiger partial charge in [0.15, 0.2) is 0 Å². The maximum atomic E-state index is 12.0. The summed E-state index contributed by atoms with van der Waals surface area (Å²) in [4.78, 5) is 12.0. The van der Waals surface area contributed by atoms with Crippen molar-refractivity contribution in [2.45, 2.75) is 45.8 Å². The zero-order valence-corrected chi connectivity index (χ0v) is 11.9. The predicted octanol–water partition coefficient (Wildman–Crippen LogP) is 2.44. The highest BCUT2D eigenvalue weighted by molar-refractivity contribution is 6.31. The summed E-state index contributed by atoms with van der Waals surface area (Å²) in [6.45, 7) is 6.59. The topological polar surface area (TPSA) is 54.3 Å². The first-order valence-corrected chi connectivity index (χ1v) is 6.63. The molecule has 4 nitrogen and oxygen atoms in total. The molecule has 0 aliphatic rings. The highest BCUT2D eigenvalue weighted by Crippen LogP contribution is 2.15. The number of nitrogens with zero attached hydrogens (tertiary/aromatic N) is 1. The number of aromatic nitrogens is 1. The molecule has 0 radical (unpaired) electrons. The summed E-state index contributed by atoms with van der Waals surface area (Å²) < 4.78 is 1.78. The van der Waals surface area contributed by atoms with E-state index >= 15 is 0 Å². The van der Waals surface area contributed by atoms with Gasteiger partial charge in [-0.2, -0.15) is 0 Å². The highest BCUT2D eigenvalue weighted by atomic mass is 35.5. The minimum Gasteiger partial charge on any atom is -0.388 e. The molecule has 1 rings (SSSR count). The van der Waals surface area contributed by atoms with Crippen molar-refractivity contribution in [2.75, 3.05) is 6.54 Å². The lowest BCUT2D eigenvalue weighted by molar-refractivity contribution is 0.0467. The highest BCUT2D eigenvalue weighted by Gasteiger charge is 2.21. The molecule has 1 unspecified atom stereocenters. The van der Waals surface area contributed by atoms with Crippen LogP contribution in [0.5, 0.6) is 0 Å². The number of carbonyl (C=O) groups excluding carboxylic acids is 1. The summed E-state index contributed by atoms with van der Waals surface area (Å²) in [7, 11) is 0. The van der Waals surface area contributed by atoms with Gasteiger partial charge in [0.1, 0.15) is 5.69 Å². The molecule has 2 N–H and O–H groups in total. The van der Waals surface area contributed by atoms with Gasteiger partial charge in [-0.1, -0.05) is 24.9 Å². The Labute approximate surface area is 113 Å². The largest absolute Gasteiger partial charge is 0.388 e. The molecule has 5 heteroatoms. The van der Waals surface area contributed by atoms with E-state index in [9.17, 15) is 9.90 Å². The van der Waals surface area contributed by atoms with Crippen LogP contribution in [0.25, 0.3) is 0 Å². The van der Waals surface area contributed by atoms with Gasteiger partial charge in [-0.3, -0.25) is 4.79 Å². The number of amides is 1. The van der Waals surface area contributed by atoms with Crippen LogP contribution in [0, 0.1) is 0 Å². The van der Waals surface area contributed by atoms with Crippen molar-refractivity contribution < 1.29 is 9.90 Å². The number of carbonyl (C=O) groups is 1. The van der Waals surface area contributed by atoms with Crippen LogP contribution >= 0.6 is 11.6 Å². The van der Waals surface area contributed by atoms with Crippen molar-refractivity contribution in [1.82, 2.24) is 9.88 Å². The van der Waals surface area contributed by atoms with Gasteiger partial charge < -0.3 is 15.0 Å². The zero-order valence-electron chi connectivity index (χ0n) is 11.2. The van der Waals surface area contributed by atoms with E-state index in [-0.39, 0.29) is 12.5 Å². The van der Waals surface area contributed by atoms with E-state index in [4.69, 9.17) is 11.6 Å². The quantitative estimate of drug-likeness (QED) is 0.836. The van der Waals surface area contributed by atoms with Crippen LogP contribution in [0.1, 0.15) is 44.1 Å². The molecule has 0 spiro atoms. The molecule has 1 amide bonds. The summed E-state index contributed by atoms with van der Waals surface area (Å²) in [5, 5.41) is 13.3. The molecule has 18 heavy (non-hydrogen) atoms. The summed E-state index contributed by atoms with van der Waals surface area (Å²) >= 11 is 5.88. The number of hydrogen-bond donors (Lipinski definition) is 2. The summed E-state index contributed by atoms with van der Waals surface area (Å²) in [6, 6.07) is 1.63. The second kappa shape index (κ2) is 6.25. The van der Waals surface area contributed by atoms with Crippen molar-refractivity contribution in [3.8, 4) is 0 Å². The van der Waals surface area contributed by atoms with Crippen LogP contribution in [0.3, 0.4) is 0 Å². The monoisotopic (exact) mass is 272 g/mol. The van der Waals surface area contributed by atoms with Gasteiger partial charge in [-0.25, -0.2) is 0 Å². The second-order valence-electron chi connectivity index (χ2n) is 4.76. The number of nitrogens with one attached hydrogen (secondary N) is 1. The minimum absolute atomic E-state index is 0.208. The van der Waals surface area contributed by atoms with Crippen LogP contribution in [0.2, 0.25) is 5.02 Å². The Morgan fingerprint density at radius 2 is 2.22 bits per heavy atom. The van der Waals surface area contributed by atoms with Crippen molar-refractivity contribution in [3.05, 3.63) is 23.0 Å². The van der Waals surface area contributed by atoms with E-state index < -0.39 is 5.60 Å². The van der Waals surface area contributed by atoms with Crippen LogP contribution < -0.4 is 5.32 Å². The Hall–Kier alpha value is -1.00. The third-order valence-corrected chi connectivity index (χ3v) is 3.06. The Morgan fingerprint density at radius 1 is 1.56 bits per heavy atom. The van der Waals surface area contributed by atoms with Crippen LogP contribution in [0.15, 0.2) is 12.3 Å². The lowest BCUT2D eigenvalue weighted by Gasteiger charge is -2.23. The molecule has 0 bridgehead atoms. The molecule has 0 saturated carbocycles. The van der Waals surface area contributed by atoms with Gasteiger partial charge in [0.05, 0.1) is 10.6 Å². The molecule has 1 aromatic heterocycles. The first kappa shape index (κ1) is 15.1. The van der Waals surface area contributed by atoms with Gasteiger partial charge in [0.25, 0.3) is 5.91 Å². The number of rotatable bonds is 6. The first-order chi connectivity index (χ1) is 8.39. The van der Waals surface area contributed by atoms with E-state index in [2.05, 4.69) is 5.32 Å². The molecular weight excluding hydrogens is 252 g/mol. The fraction of sp³-hybridized carbons (Fsp3) is 0.615. The molecule has 0 fully saturated rings. The molecule has 0 aliphatic heterocycles. The predicted molar refractivity (Wildman–Crippen MR) is 73.0 cm³/mol. The number of aliphatic hydroxyl groups is 1. The minimum atomic E-state index is -0.863. The molecule has 0 aliphatic carbocycles. The van der Waals surface area contributed by atoms with Crippen molar-refractivity contribution in [1.29, 1.82) is 0 Å². The second-order valence-corrected chi connectivity index (χ2v) is 5.20. The lowest BCUT2D eigenvalue weighted by Crippen LogP contribution is -2.41. The summed E-state index contributed by atoms with van der Waals surface area (Å²) in [5.41, 5.74) is -0.340. The lowest BCUT2D eigenvalue weighted by atomic mass is 10.0. The smallest absolute Gasteiger partial charge is 0.268 e. The fourth-order valence-electron chi connectivity index (χ4n) is 1.92. The van der Waals surface area contributed by atoms with Crippen LogP contribution in [0.4, 0.5) is 0 Å². The third-order valence-electron chi connectivity index (χ3n) is 2.85. The molecule has 1 atom stereocenters. The van der Waals surface area contributed by atoms with E-state index in [1.54, 1.807) is 23.8 Å². The SMILES string of the molecule is CCCC(C)(O)CNC(=O)c1cc(Cl)cn1CC. The van der Waals surface area contributed by atoms with Gasteiger partial charge in [-0.15, -0.1) is 0 Å². The molecular formula is C13H21ClN2O2.